The standard InChI is InChI=1S/C23H17N3O4/c27-22(28)18-7-3-4-8-20(18)26(14-15-9-10-24-19(11-15)23(29)30)21-12-16-5-1-2-6-17(16)13-25-21/h1-13H,14H2,(H,27,28)(H,29,30). The lowest BCUT2D eigenvalue weighted by Gasteiger charge is -2.26. The zero-order valence-corrected chi connectivity index (χ0v) is 15.8. The lowest BCUT2D eigenvalue weighted by atomic mass is 10.1. The molecule has 0 spiro atoms. The number of hydrogen-bond donors (Lipinski definition) is 2. The Morgan fingerprint density at radius 3 is 2.33 bits per heavy atom. The lowest BCUT2D eigenvalue weighted by Crippen LogP contribution is -2.20. The fraction of sp³-hybridized carbons (Fsp3) is 0.0435. The van der Waals surface area contributed by atoms with Crippen LogP contribution < -0.4 is 4.90 Å². The van der Waals surface area contributed by atoms with E-state index in [0.29, 0.717) is 17.1 Å². The van der Waals surface area contributed by atoms with Crippen LogP contribution in [0.15, 0.2) is 79.1 Å². The van der Waals surface area contributed by atoms with Gasteiger partial charge in [-0.2, -0.15) is 0 Å². The first-order valence-corrected chi connectivity index (χ1v) is 9.16. The number of hydrogen-bond acceptors (Lipinski definition) is 5. The highest BCUT2D eigenvalue weighted by atomic mass is 16.4. The molecule has 7 nitrogen and oxygen atoms in total. The van der Waals surface area contributed by atoms with Crippen molar-refractivity contribution in [2.45, 2.75) is 6.54 Å². The molecule has 0 aliphatic carbocycles. The first kappa shape index (κ1) is 19.1. The van der Waals surface area contributed by atoms with Crippen LogP contribution in [0.25, 0.3) is 10.8 Å². The van der Waals surface area contributed by atoms with Crippen molar-refractivity contribution in [2.75, 3.05) is 4.90 Å². The molecule has 0 aliphatic rings. The SMILES string of the molecule is O=C(O)c1cc(CN(c2cc3ccccc3cn2)c2ccccc2C(=O)O)ccn1. The molecular formula is C23H17N3O4. The number of carboxylic acids is 2. The fourth-order valence-corrected chi connectivity index (χ4v) is 3.27. The monoisotopic (exact) mass is 399 g/mol. The van der Waals surface area contributed by atoms with E-state index in [2.05, 4.69) is 9.97 Å². The number of benzene rings is 2. The summed E-state index contributed by atoms with van der Waals surface area (Å²) in [5.74, 6) is -1.63. The minimum Gasteiger partial charge on any atom is -0.478 e. The molecule has 30 heavy (non-hydrogen) atoms. The Bertz CT molecular complexity index is 1260. The molecule has 0 atom stereocenters. The average molecular weight is 399 g/mol. The maximum Gasteiger partial charge on any atom is 0.354 e. The van der Waals surface area contributed by atoms with Crippen LogP contribution in [0.4, 0.5) is 11.5 Å². The highest BCUT2D eigenvalue weighted by Gasteiger charge is 2.19. The van der Waals surface area contributed by atoms with Crippen molar-refractivity contribution in [3.05, 3.63) is 95.9 Å². The summed E-state index contributed by atoms with van der Waals surface area (Å²) in [5.41, 5.74) is 1.17. The van der Waals surface area contributed by atoms with Gasteiger partial charge in [0.2, 0.25) is 0 Å². The summed E-state index contributed by atoms with van der Waals surface area (Å²) in [4.78, 5) is 33.3. The number of carbonyl (C=O) groups is 2. The lowest BCUT2D eigenvalue weighted by molar-refractivity contribution is 0.0683. The van der Waals surface area contributed by atoms with Crippen LogP contribution in [-0.4, -0.2) is 32.1 Å². The molecule has 4 aromatic rings. The Labute approximate surface area is 171 Å². The largest absolute Gasteiger partial charge is 0.478 e. The summed E-state index contributed by atoms with van der Waals surface area (Å²) in [5, 5.41) is 20.9. The van der Waals surface area contributed by atoms with E-state index < -0.39 is 11.9 Å². The van der Waals surface area contributed by atoms with E-state index in [0.717, 1.165) is 10.8 Å². The second kappa shape index (κ2) is 8.00. The normalized spacial score (nSPS) is 10.7. The van der Waals surface area contributed by atoms with Gasteiger partial charge in [0, 0.05) is 24.3 Å². The van der Waals surface area contributed by atoms with Crippen LogP contribution in [0.3, 0.4) is 0 Å². The molecule has 148 valence electrons. The minimum absolute atomic E-state index is 0.0783. The zero-order valence-electron chi connectivity index (χ0n) is 15.8. The predicted molar refractivity (Wildman–Crippen MR) is 112 cm³/mol. The summed E-state index contributed by atoms with van der Waals surface area (Å²) in [6, 6.07) is 19.5. The average Bonchev–Trinajstić information content (AvgIpc) is 2.77. The van der Waals surface area contributed by atoms with Gasteiger partial charge in [-0.25, -0.2) is 19.6 Å². The van der Waals surface area contributed by atoms with Gasteiger partial charge in [-0.15, -0.1) is 0 Å². The molecule has 0 amide bonds. The highest BCUT2D eigenvalue weighted by molar-refractivity contribution is 5.96. The molecule has 0 saturated heterocycles. The summed E-state index contributed by atoms with van der Waals surface area (Å²) < 4.78 is 0. The molecule has 2 aromatic carbocycles. The molecular weight excluding hydrogens is 382 g/mol. The highest BCUT2D eigenvalue weighted by Crippen LogP contribution is 2.31. The summed E-state index contributed by atoms with van der Waals surface area (Å²) in [6.07, 6.45) is 3.16. The van der Waals surface area contributed by atoms with Gasteiger partial charge in [0.05, 0.1) is 11.3 Å². The molecule has 0 bridgehead atoms. The van der Waals surface area contributed by atoms with Gasteiger partial charge < -0.3 is 15.1 Å². The van der Waals surface area contributed by atoms with Gasteiger partial charge in [0.1, 0.15) is 11.5 Å². The van der Waals surface area contributed by atoms with E-state index in [4.69, 9.17) is 0 Å². The molecule has 0 saturated carbocycles. The van der Waals surface area contributed by atoms with E-state index in [9.17, 15) is 19.8 Å². The van der Waals surface area contributed by atoms with Crippen LogP contribution in [0, 0.1) is 0 Å². The number of fused-ring (bicyclic) bond motifs is 1. The minimum atomic E-state index is -1.13. The third kappa shape index (κ3) is 3.81. The fourth-order valence-electron chi connectivity index (χ4n) is 3.27. The molecule has 4 rings (SSSR count). The Morgan fingerprint density at radius 1 is 0.833 bits per heavy atom. The number of aromatic carboxylic acids is 2. The quantitative estimate of drug-likeness (QED) is 0.496. The summed E-state index contributed by atoms with van der Waals surface area (Å²) in [7, 11) is 0. The van der Waals surface area contributed by atoms with Gasteiger partial charge in [-0.3, -0.25) is 0 Å². The Kier molecular flexibility index (Phi) is 5.09. The number of aromatic nitrogens is 2. The second-order valence-electron chi connectivity index (χ2n) is 6.65. The van der Waals surface area contributed by atoms with Crippen molar-refractivity contribution in [1.29, 1.82) is 0 Å². The van der Waals surface area contributed by atoms with Crippen LogP contribution in [0.5, 0.6) is 0 Å². The topological polar surface area (TPSA) is 104 Å². The van der Waals surface area contributed by atoms with Crippen LogP contribution in [-0.2, 0) is 6.54 Å². The molecule has 2 aromatic heterocycles. The van der Waals surface area contributed by atoms with E-state index in [1.54, 1.807) is 35.4 Å². The van der Waals surface area contributed by atoms with Gasteiger partial charge >= 0.3 is 11.9 Å². The van der Waals surface area contributed by atoms with Crippen molar-refractivity contribution in [3.63, 3.8) is 0 Å². The number of pyridine rings is 2. The molecule has 0 unspecified atom stereocenters. The van der Waals surface area contributed by atoms with E-state index in [-0.39, 0.29) is 17.8 Å². The summed E-state index contributed by atoms with van der Waals surface area (Å²) in [6.45, 7) is 0.221. The van der Waals surface area contributed by atoms with Crippen molar-refractivity contribution in [1.82, 2.24) is 9.97 Å². The van der Waals surface area contributed by atoms with Gasteiger partial charge in [-0.05, 0) is 41.3 Å². The van der Waals surface area contributed by atoms with Gasteiger partial charge in [0.15, 0.2) is 0 Å². The van der Waals surface area contributed by atoms with Crippen molar-refractivity contribution < 1.29 is 19.8 Å². The molecule has 0 aliphatic heterocycles. The van der Waals surface area contributed by atoms with Crippen molar-refractivity contribution in [2.24, 2.45) is 0 Å². The zero-order chi connectivity index (χ0) is 21.1. The third-order valence-corrected chi connectivity index (χ3v) is 4.70. The van der Waals surface area contributed by atoms with E-state index in [1.165, 1.54) is 18.3 Å². The van der Waals surface area contributed by atoms with Crippen LogP contribution >= 0.6 is 0 Å². The van der Waals surface area contributed by atoms with Crippen molar-refractivity contribution >= 4 is 34.2 Å². The Hall–Kier alpha value is -4.26. The summed E-state index contributed by atoms with van der Waals surface area (Å²) >= 11 is 0. The predicted octanol–water partition coefficient (Wildman–Crippen LogP) is 4.36. The van der Waals surface area contributed by atoms with E-state index >= 15 is 0 Å². The van der Waals surface area contributed by atoms with Crippen LogP contribution in [0.2, 0.25) is 0 Å². The third-order valence-electron chi connectivity index (χ3n) is 4.70. The first-order valence-electron chi connectivity index (χ1n) is 9.16. The number of para-hydroxylation sites is 1. The molecule has 7 heteroatoms. The van der Waals surface area contributed by atoms with Gasteiger partial charge in [0.25, 0.3) is 0 Å². The molecule has 0 fully saturated rings. The molecule has 0 radical (unpaired) electrons. The maximum absolute atomic E-state index is 11.8. The number of rotatable bonds is 6. The number of anilines is 2. The first-order chi connectivity index (χ1) is 14.5. The molecule has 2 heterocycles. The Morgan fingerprint density at radius 2 is 1.57 bits per heavy atom. The number of nitrogens with zero attached hydrogens (tertiary/aromatic N) is 3. The second-order valence-corrected chi connectivity index (χ2v) is 6.65. The smallest absolute Gasteiger partial charge is 0.354 e. The maximum atomic E-state index is 11.8. The molecule has 2 N–H and O–H groups in total. The number of carboxylic acid groups (broad SMARTS) is 2. The Balaban J connectivity index is 1.85. The van der Waals surface area contributed by atoms with Gasteiger partial charge in [-0.1, -0.05) is 36.4 Å². The van der Waals surface area contributed by atoms with Crippen LogP contribution in [0.1, 0.15) is 26.4 Å². The van der Waals surface area contributed by atoms with E-state index in [1.807, 2.05) is 30.3 Å². The van der Waals surface area contributed by atoms with Crippen molar-refractivity contribution in [3.8, 4) is 0 Å².